The summed E-state index contributed by atoms with van der Waals surface area (Å²) >= 11 is 1.87. The molecule has 0 amide bonds. The van der Waals surface area contributed by atoms with E-state index in [0.717, 1.165) is 27.6 Å². The van der Waals surface area contributed by atoms with E-state index in [0.29, 0.717) is 6.54 Å². The topological polar surface area (TPSA) is 16.4 Å². The first kappa shape index (κ1) is 34.6. The Kier molecular flexibility index (Phi) is 8.14. The number of rotatable bonds is 7. The van der Waals surface area contributed by atoms with E-state index in [-0.39, 0.29) is 0 Å². The summed E-state index contributed by atoms with van der Waals surface area (Å²) in [6.07, 6.45) is 0. The van der Waals surface area contributed by atoms with Gasteiger partial charge in [0.15, 0.2) is 0 Å². The van der Waals surface area contributed by atoms with Crippen LogP contribution >= 0.6 is 11.3 Å². The molecule has 2 heterocycles. The van der Waals surface area contributed by atoms with Crippen molar-refractivity contribution in [2.45, 2.75) is 6.54 Å². The number of furan rings is 1. The summed E-state index contributed by atoms with van der Waals surface area (Å²) in [6, 6.07) is 77.4. The molecule has 0 fully saturated rings. The molecule has 2 nitrogen and oxygen atoms in total. The van der Waals surface area contributed by atoms with E-state index >= 15 is 0 Å². The Hall–Kier alpha value is -7.46. The number of fused-ring (bicyclic) bond motifs is 9. The maximum absolute atomic E-state index is 6.33. The molecule has 0 saturated carbocycles. The van der Waals surface area contributed by atoms with Crippen LogP contribution in [0.4, 0.5) is 11.4 Å². The van der Waals surface area contributed by atoms with Crippen molar-refractivity contribution < 1.29 is 4.42 Å². The first-order valence-electron chi connectivity index (χ1n) is 20.5. The van der Waals surface area contributed by atoms with Gasteiger partial charge >= 0.3 is 0 Å². The summed E-state index contributed by atoms with van der Waals surface area (Å²) in [5.41, 5.74) is 12.8. The van der Waals surface area contributed by atoms with Gasteiger partial charge in [-0.15, -0.1) is 11.3 Å². The first-order chi connectivity index (χ1) is 29.7. The van der Waals surface area contributed by atoms with Crippen LogP contribution in [0.3, 0.4) is 0 Å². The van der Waals surface area contributed by atoms with Crippen LogP contribution < -0.4 is 4.90 Å². The van der Waals surface area contributed by atoms with Crippen molar-refractivity contribution >= 4 is 86.4 Å². The van der Waals surface area contributed by atoms with Crippen LogP contribution in [0.25, 0.3) is 97.0 Å². The maximum Gasteiger partial charge on any atom is 0.136 e. The van der Waals surface area contributed by atoms with Crippen molar-refractivity contribution in [2.24, 2.45) is 0 Å². The fraction of sp³-hybridized carbons (Fsp3) is 0.0175. The standard InChI is InChI=1S/C57H37NOS/c1-2-15-37(16-3-1)42-18-6-7-20-44(42)46-22-9-8-21-45(46)43-19-5-4-17-40(43)36-58(52-25-14-28-56-57(52)48-24-11-13-27-55(48)60-56)41-32-31-38-29-30-39-33-54-51(35-50(39)49(38)34-41)47-23-10-12-26-53(47)59-54/h1-35H,36H2. The maximum atomic E-state index is 6.33. The molecule has 0 N–H and O–H groups in total. The molecule has 0 atom stereocenters. The van der Waals surface area contributed by atoms with Gasteiger partial charge in [-0.2, -0.15) is 0 Å². The first-order valence-corrected chi connectivity index (χ1v) is 21.3. The lowest BCUT2D eigenvalue weighted by Gasteiger charge is -2.28. The van der Waals surface area contributed by atoms with Crippen molar-refractivity contribution in [3.63, 3.8) is 0 Å². The van der Waals surface area contributed by atoms with Crippen molar-refractivity contribution in [3.8, 4) is 33.4 Å². The fourth-order valence-electron chi connectivity index (χ4n) is 9.36. The highest BCUT2D eigenvalue weighted by Crippen LogP contribution is 2.45. The number of hydrogen-bond acceptors (Lipinski definition) is 3. The molecule has 12 aromatic rings. The highest BCUT2D eigenvalue weighted by atomic mass is 32.1. The van der Waals surface area contributed by atoms with Crippen LogP contribution in [0.1, 0.15) is 5.56 Å². The molecule has 0 aliphatic heterocycles. The Bertz CT molecular complexity index is 3600. The summed E-state index contributed by atoms with van der Waals surface area (Å²) in [6.45, 7) is 0.668. The molecule has 0 aliphatic carbocycles. The molecule has 10 aromatic carbocycles. The summed E-state index contributed by atoms with van der Waals surface area (Å²) in [5.74, 6) is 0. The Morgan fingerprint density at radius 2 is 1.00 bits per heavy atom. The predicted molar refractivity (Wildman–Crippen MR) is 257 cm³/mol. The zero-order valence-corrected chi connectivity index (χ0v) is 33.5. The highest BCUT2D eigenvalue weighted by Gasteiger charge is 2.21. The van der Waals surface area contributed by atoms with E-state index in [1.807, 2.05) is 17.4 Å². The lowest BCUT2D eigenvalue weighted by Crippen LogP contribution is -2.17. The number of hydrogen-bond donors (Lipinski definition) is 0. The molecule has 0 spiro atoms. The zero-order chi connectivity index (χ0) is 39.6. The Morgan fingerprint density at radius 3 is 1.85 bits per heavy atom. The number of anilines is 2. The molecule has 0 bridgehead atoms. The quantitative estimate of drug-likeness (QED) is 0.150. The summed E-state index contributed by atoms with van der Waals surface area (Å²) in [7, 11) is 0. The highest BCUT2D eigenvalue weighted by molar-refractivity contribution is 7.26. The summed E-state index contributed by atoms with van der Waals surface area (Å²) in [5, 5.41) is 9.68. The van der Waals surface area contributed by atoms with E-state index in [1.54, 1.807) is 0 Å². The van der Waals surface area contributed by atoms with Gasteiger partial charge in [-0.3, -0.25) is 0 Å². The van der Waals surface area contributed by atoms with Gasteiger partial charge in [-0.1, -0.05) is 164 Å². The second-order valence-corrected chi connectivity index (χ2v) is 16.7. The van der Waals surface area contributed by atoms with Crippen molar-refractivity contribution in [1.82, 2.24) is 0 Å². The monoisotopic (exact) mass is 783 g/mol. The minimum absolute atomic E-state index is 0.668. The van der Waals surface area contributed by atoms with Crippen molar-refractivity contribution in [3.05, 3.63) is 218 Å². The number of para-hydroxylation sites is 1. The molecule has 3 heteroatoms. The largest absolute Gasteiger partial charge is 0.456 e. The van der Waals surface area contributed by atoms with E-state index in [2.05, 4.69) is 211 Å². The second-order valence-electron chi connectivity index (χ2n) is 15.6. The number of benzene rings is 10. The third kappa shape index (κ3) is 5.70. The van der Waals surface area contributed by atoms with Crippen molar-refractivity contribution in [2.75, 3.05) is 4.90 Å². The molecule has 0 unspecified atom stereocenters. The molecular weight excluding hydrogens is 747 g/mol. The fourth-order valence-corrected chi connectivity index (χ4v) is 10.5. The van der Waals surface area contributed by atoms with Gasteiger partial charge in [0.25, 0.3) is 0 Å². The molecule has 0 aliphatic rings. The molecule has 60 heavy (non-hydrogen) atoms. The molecular formula is C57H37NOS. The van der Waals surface area contributed by atoms with Gasteiger partial charge in [0.05, 0.1) is 5.69 Å². The van der Waals surface area contributed by atoms with Crippen LogP contribution in [0.5, 0.6) is 0 Å². The Morgan fingerprint density at radius 1 is 0.383 bits per heavy atom. The lowest BCUT2D eigenvalue weighted by molar-refractivity contribution is 0.669. The van der Waals surface area contributed by atoms with Gasteiger partial charge in [0.2, 0.25) is 0 Å². The van der Waals surface area contributed by atoms with Crippen LogP contribution in [-0.2, 0) is 6.54 Å². The van der Waals surface area contributed by atoms with Gasteiger partial charge < -0.3 is 9.32 Å². The molecule has 0 radical (unpaired) electrons. The smallest absolute Gasteiger partial charge is 0.136 e. The van der Waals surface area contributed by atoms with E-state index in [9.17, 15) is 0 Å². The van der Waals surface area contributed by atoms with Gasteiger partial charge in [0.1, 0.15) is 11.2 Å². The van der Waals surface area contributed by atoms with Crippen LogP contribution in [0, 0.1) is 0 Å². The summed E-state index contributed by atoms with van der Waals surface area (Å²) < 4.78 is 8.92. The Balaban J connectivity index is 1.07. The van der Waals surface area contributed by atoms with Gasteiger partial charge in [-0.05, 0) is 109 Å². The number of nitrogens with zero attached hydrogens (tertiary/aromatic N) is 1. The average Bonchev–Trinajstić information content (AvgIpc) is 3.88. The average molecular weight is 784 g/mol. The van der Waals surface area contributed by atoms with Crippen LogP contribution in [0.2, 0.25) is 0 Å². The third-order valence-electron chi connectivity index (χ3n) is 12.2. The van der Waals surface area contributed by atoms with Crippen LogP contribution in [0.15, 0.2) is 217 Å². The number of thiophene rings is 1. The predicted octanol–water partition coefficient (Wildman–Crippen LogP) is 16.6. The van der Waals surface area contributed by atoms with E-state index in [1.165, 1.54) is 86.3 Å². The van der Waals surface area contributed by atoms with Crippen LogP contribution in [-0.4, -0.2) is 0 Å². The Labute approximate surface area is 351 Å². The normalized spacial score (nSPS) is 11.7. The third-order valence-corrected chi connectivity index (χ3v) is 13.3. The molecule has 12 rings (SSSR count). The van der Waals surface area contributed by atoms with Gasteiger partial charge in [-0.25, -0.2) is 0 Å². The lowest BCUT2D eigenvalue weighted by atomic mass is 9.88. The molecule has 2 aromatic heterocycles. The van der Waals surface area contributed by atoms with Crippen molar-refractivity contribution in [1.29, 1.82) is 0 Å². The second kappa shape index (κ2) is 14.1. The molecule has 282 valence electrons. The molecule has 0 saturated heterocycles. The van der Waals surface area contributed by atoms with E-state index in [4.69, 9.17) is 4.42 Å². The van der Waals surface area contributed by atoms with E-state index < -0.39 is 0 Å². The minimum atomic E-state index is 0.668. The van der Waals surface area contributed by atoms with Gasteiger partial charge in [0, 0.05) is 43.2 Å². The zero-order valence-electron chi connectivity index (χ0n) is 32.7. The summed E-state index contributed by atoms with van der Waals surface area (Å²) in [4.78, 5) is 2.55. The minimum Gasteiger partial charge on any atom is -0.456 e. The SMILES string of the molecule is c1ccc(-c2ccccc2-c2ccccc2-c2ccccc2CN(c2ccc3ccc4cc5oc6ccccc6c5cc4c3c2)c2cccc3sc4ccccc4c23)cc1.